The Balaban J connectivity index is 2.85. The van der Waals surface area contributed by atoms with Crippen molar-refractivity contribution in [2.75, 3.05) is 20.8 Å². The molecule has 0 spiro atoms. The molecule has 1 aromatic rings. The molecular formula is C15H24N2O4. The third-order valence-electron chi connectivity index (χ3n) is 3.20. The monoisotopic (exact) mass is 296 g/mol. The van der Waals surface area contributed by atoms with E-state index in [1.807, 2.05) is 6.07 Å². The van der Waals surface area contributed by atoms with Crippen molar-refractivity contribution in [2.45, 2.75) is 39.0 Å². The highest BCUT2D eigenvalue weighted by Gasteiger charge is 2.13. The zero-order valence-electron chi connectivity index (χ0n) is 12.9. The minimum atomic E-state index is -1.04. The van der Waals surface area contributed by atoms with Crippen LogP contribution in [-0.4, -0.2) is 36.9 Å². The third kappa shape index (κ3) is 5.49. The molecule has 1 amide bonds. The summed E-state index contributed by atoms with van der Waals surface area (Å²) in [7, 11) is 3.19. The van der Waals surface area contributed by atoms with Gasteiger partial charge in [0.15, 0.2) is 0 Å². The molecule has 6 heteroatoms. The van der Waals surface area contributed by atoms with E-state index in [0.717, 1.165) is 31.2 Å². The van der Waals surface area contributed by atoms with Gasteiger partial charge in [0, 0.05) is 18.5 Å². The maximum Gasteiger partial charge on any atom is 0.404 e. The molecule has 1 rings (SSSR count). The minimum absolute atomic E-state index is 0.289. The first-order valence-electron chi connectivity index (χ1n) is 7.19. The summed E-state index contributed by atoms with van der Waals surface area (Å²) in [5.41, 5.74) is 1.72. The summed E-state index contributed by atoms with van der Waals surface area (Å²) in [5, 5.41) is 10.9. The number of methoxy groups -OCH3 is 2. The van der Waals surface area contributed by atoms with Crippen LogP contribution in [0.15, 0.2) is 6.07 Å². The van der Waals surface area contributed by atoms with E-state index < -0.39 is 6.09 Å². The van der Waals surface area contributed by atoms with Crippen molar-refractivity contribution in [1.29, 1.82) is 0 Å². The standard InChI is InChI=1S/C15H24N2O4/c1-4-5-6-7-11-10-13(20-2)12(17-14(11)21-3)8-9-16-15(18)19/h10,16H,4-9H2,1-3H3,(H,18,19). The molecule has 0 aliphatic carbocycles. The normalized spacial score (nSPS) is 10.2. The number of nitrogens with zero attached hydrogens (tertiary/aromatic N) is 1. The maximum absolute atomic E-state index is 10.5. The van der Waals surface area contributed by atoms with Gasteiger partial charge in [-0.25, -0.2) is 9.78 Å². The average Bonchev–Trinajstić information content (AvgIpc) is 2.47. The van der Waals surface area contributed by atoms with E-state index in [4.69, 9.17) is 14.6 Å². The molecule has 0 bridgehead atoms. The number of carbonyl (C=O) groups is 1. The van der Waals surface area contributed by atoms with Crippen LogP contribution in [0.3, 0.4) is 0 Å². The SMILES string of the molecule is CCCCCc1cc(OC)c(CCNC(=O)O)nc1OC. The molecule has 0 aliphatic rings. The van der Waals surface area contributed by atoms with E-state index >= 15 is 0 Å². The Hall–Kier alpha value is -1.98. The quantitative estimate of drug-likeness (QED) is 0.685. The van der Waals surface area contributed by atoms with Gasteiger partial charge in [0.05, 0.1) is 19.9 Å². The van der Waals surface area contributed by atoms with Gasteiger partial charge < -0.3 is 19.9 Å². The lowest BCUT2D eigenvalue weighted by atomic mass is 10.1. The van der Waals surface area contributed by atoms with Crippen molar-refractivity contribution >= 4 is 6.09 Å². The fourth-order valence-corrected chi connectivity index (χ4v) is 2.12. The van der Waals surface area contributed by atoms with Gasteiger partial charge >= 0.3 is 6.09 Å². The Bertz CT molecular complexity index is 463. The molecule has 0 atom stereocenters. The van der Waals surface area contributed by atoms with Gasteiger partial charge in [0.25, 0.3) is 0 Å². The van der Waals surface area contributed by atoms with E-state index in [1.54, 1.807) is 14.2 Å². The number of ether oxygens (including phenoxy) is 2. The number of rotatable bonds is 9. The number of hydrogen-bond acceptors (Lipinski definition) is 4. The molecule has 0 aromatic carbocycles. The lowest BCUT2D eigenvalue weighted by Gasteiger charge is -2.13. The number of hydrogen-bond donors (Lipinski definition) is 2. The second-order valence-corrected chi connectivity index (χ2v) is 4.74. The number of carboxylic acid groups (broad SMARTS) is 1. The number of nitrogens with one attached hydrogen (secondary N) is 1. The third-order valence-corrected chi connectivity index (χ3v) is 3.20. The first-order valence-corrected chi connectivity index (χ1v) is 7.19. The highest BCUT2D eigenvalue weighted by molar-refractivity contribution is 5.64. The zero-order valence-corrected chi connectivity index (χ0v) is 12.9. The predicted molar refractivity (Wildman–Crippen MR) is 80.3 cm³/mol. The van der Waals surface area contributed by atoms with E-state index in [-0.39, 0.29) is 6.54 Å². The molecule has 1 aromatic heterocycles. The highest BCUT2D eigenvalue weighted by Crippen LogP contribution is 2.27. The molecule has 2 N–H and O–H groups in total. The molecule has 118 valence electrons. The summed E-state index contributed by atoms with van der Waals surface area (Å²) < 4.78 is 10.7. The van der Waals surface area contributed by atoms with Crippen LogP contribution in [0.5, 0.6) is 11.6 Å². The Morgan fingerprint density at radius 3 is 2.62 bits per heavy atom. The van der Waals surface area contributed by atoms with Gasteiger partial charge in [-0.1, -0.05) is 19.8 Å². The largest absolute Gasteiger partial charge is 0.495 e. The van der Waals surface area contributed by atoms with Crippen molar-refractivity contribution in [1.82, 2.24) is 10.3 Å². The summed E-state index contributed by atoms with van der Waals surface area (Å²) in [4.78, 5) is 14.9. The highest BCUT2D eigenvalue weighted by atomic mass is 16.5. The van der Waals surface area contributed by atoms with E-state index in [2.05, 4.69) is 17.2 Å². The lowest BCUT2D eigenvalue weighted by molar-refractivity contribution is 0.194. The average molecular weight is 296 g/mol. The Kier molecular flexibility index (Phi) is 7.36. The molecule has 0 saturated heterocycles. The molecule has 21 heavy (non-hydrogen) atoms. The summed E-state index contributed by atoms with van der Waals surface area (Å²) in [6.45, 7) is 2.45. The van der Waals surface area contributed by atoms with Gasteiger partial charge in [-0.3, -0.25) is 0 Å². The molecular weight excluding hydrogens is 272 g/mol. The van der Waals surface area contributed by atoms with Gasteiger partial charge in [-0.15, -0.1) is 0 Å². The van der Waals surface area contributed by atoms with E-state index in [0.29, 0.717) is 23.7 Å². The Morgan fingerprint density at radius 2 is 2.05 bits per heavy atom. The topological polar surface area (TPSA) is 80.7 Å². The Morgan fingerprint density at radius 1 is 1.29 bits per heavy atom. The number of aromatic nitrogens is 1. The van der Waals surface area contributed by atoms with Crippen LogP contribution in [-0.2, 0) is 12.8 Å². The predicted octanol–water partition coefficient (Wildman–Crippen LogP) is 2.64. The molecule has 6 nitrogen and oxygen atoms in total. The van der Waals surface area contributed by atoms with Gasteiger partial charge in [-0.05, 0) is 18.9 Å². The first kappa shape index (κ1) is 17.1. The van der Waals surface area contributed by atoms with E-state index in [9.17, 15) is 4.79 Å². The molecule has 0 unspecified atom stereocenters. The van der Waals surface area contributed by atoms with Crippen molar-refractivity contribution in [2.24, 2.45) is 0 Å². The summed E-state index contributed by atoms with van der Waals surface area (Å²) >= 11 is 0. The summed E-state index contributed by atoms with van der Waals surface area (Å²) in [6.07, 6.45) is 3.71. The van der Waals surface area contributed by atoms with Gasteiger partial charge in [0.2, 0.25) is 5.88 Å². The van der Waals surface area contributed by atoms with Crippen molar-refractivity contribution in [3.63, 3.8) is 0 Å². The number of unbranched alkanes of at least 4 members (excludes halogenated alkanes) is 2. The maximum atomic E-state index is 10.5. The van der Waals surface area contributed by atoms with Crippen LogP contribution in [0.25, 0.3) is 0 Å². The van der Waals surface area contributed by atoms with Crippen LogP contribution in [0.2, 0.25) is 0 Å². The summed E-state index contributed by atoms with van der Waals surface area (Å²) in [6, 6.07) is 1.94. The fraction of sp³-hybridized carbons (Fsp3) is 0.600. The Labute approximate surface area is 125 Å². The van der Waals surface area contributed by atoms with Crippen LogP contribution >= 0.6 is 0 Å². The zero-order chi connectivity index (χ0) is 15.7. The molecule has 0 fully saturated rings. The molecule has 0 aliphatic heterocycles. The number of amides is 1. The van der Waals surface area contributed by atoms with Crippen molar-refractivity contribution in [3.8, 4) is 11.6 Å². The fourth-order valence-electron chi connectivity index (χ4n) is 2.12. The van der Waals surface area contributed by atoms with E-state index in [1.165, 1.54) is 0 Å². The van der Waals surface area contributed by atoms with Crippen molar-refractivity contribution < 1.29 is 19.4 Å². The number of aryl methyl sites for hydroxylation is 1. The molecule has 0 radical (unpaired) electrons. The second-order valence-electron chi connectivity index (χ2n) is 4.74. The van der Waals surface area contributed by atoms with Crippen LogP contribution in [0.4, 0.5) is 4.79 Å². The minimum Gasteiger partial charge on any atom is -0.495 e. The van der Waals surface area contributed by atoms with Crippen LogP contribution in [0.1, 0.15) is 37.4 Å². The van der Waals surface area contributed by atoms with Gasteiger partial charge in [-0.2, -0.15) is 0 Å². The number of pyridine rings is 1. The van der Waals surface area contributed by atoms with Crippen LogP contribution in [0, 0.1) is 0 Å². The second kappa shape index (κ2) is 9.05. The lowest BCUT2D eigenvalue weighted by Crippen LogP contribution is -2.23. The smallest absolute Gasteiger partial charge is 0.404 e. The molecule has 1 heterocycles. The first-order chi connectivity index (χ1) is 10.1. The molecule has 0 saturated carbocycles. The van der Waals surface area contributed by atoms with Crippen LogP contribution < -0.4 is 14.8 Å². The van der Waals surface area contributed by atoms with Gasteiger partial charge in [0.1, 0.15) is 5.75 Å². The summed E-state index contributed by atoms with van der Waals surface area (Å²) in [5.74, 6) is 1.27. The van der Waals surface area contributed by atoms with Crippen molar-refractivity contribution in [3.05, 3.63) is 17.3 Å².